The minimum absolute atomic E-state index is 0.0506. The predicted molar refractivity (Wildman–Crippen MR) is 378 cm³/mol. The first-order valence-corrected chi connectivity index (χ1v) is 37.4. The minimum Gasteiger partial charge on any atom is -0.387 e. The molecule has 0 aromatic heterocycles. The topological polar surface area (TPSA) is 105 Å². The number of likely N-dealkylation sites (N-methyl/N-ethyl adjacent to an activating group) is 1. The summed E-state index contributed by atoms with van der Waals surface area (Å²) in [5.41, 5.74) is 0. The van der Waals surface area contributed by atoms with Crippen LogP contribution in [0.2, 0.25) is 0 Å². The number of carbonyl (C=O) groups excluding carboxylic acids is 1. The molecule has 496 valence electrons. The normalized spacial score (nSPS) is 14.4. The molecule has 0 spiro atoms. The van der Waals surface area contributed by atoms with E-state index < -0.39 is 20.0 Å². The highest BCUT2D eigenvalue weighted by molar-refractivity contribution is 7.47. The molecule has 0 saturated carbocycles. The number of carbonyl (C=O) groups is 1. The summed E-state index contributed by atoms with van der Waals surface area (Å²) in [4.78, 5) is 23.4. The lowest BCUT2D eigenvalue weighted by molar-refractivity contribution is -0.870. The van der Waals surface area contributed by atoms with E-state index in [4.69, 9.17) is 9.05 Å². The molecule has 0 heterocycles. The Hall–Kier alpha value is -3.10. The molecule has 9 heteroatoms. The Morgan fingerprint density at radius 3 is 1.07 bits per heavy atom. The number of phosphoric ester groups is 1. The average Bonchev–Trinajstić information content (AvgIpc) is 3.70. The summed E-state index contributed by atoms with van der Waals surface area (Å²) in [7, 11) is 1.55. The van der Waals surface area contributed by atoms with Crippen molar-refractivity contribution in [2.45, 2.75) is 321 Å². The standard InChI is InChI=1S/C77H137N2O6P/c1-6-8-10-12-14-16-18-20-22-24-26-28-30-31-32-33-34-35-36-37-38-39-40-41-42-43-44-45-46-47-49-51-53-55-57-59-61-63-65-67-69-71-77(81)78-75(74-85-86(82,83)84-73-72-79(3,4)5)76(80)70-68-66-64-62-60-58-56-54-52-50-48-29-27-25-23-21-19-17-15-13-11-9-7-2/h8,10,14,16,20,22,26,28,31-32,34-35,37-38,52,54,60,62,68,70,75-76,80H,6-7,9,11-13,15,17-19,21,23-25,27,29-30,33,36,39-51,53,55-59,61,63-67,69,71-74H2,1-5H3,(H-,78,81,82,83)/p+1/b10-8-,16-14-,22-20-,28-26-,32-31-,35-34-,38-37-,54-52+,62-60+,70-68+. The zero-order chi connectivity index (χ0) is 62.6. The van der Waals surface area contributed by atoms with Crippen LogP contribution in [-0.2, 0) is 18.4 Å². The summed E-state index contributed by atoms with van der Waals surface area (Å²) >= 11 is 0. The number of aliphatic hydroxyl groups excluding tert-OH is 1. The van der Waals surface area contributed by atoms with Gasteiger partial charge in [-0.1, -0.05) is 322 Å². The summed E-state index contributed by atoms with van der Waals surface area (Å²) < 4.78 is 23.8. The molecule has 0 aliphatic rings. The molecule has 3 N–H and O–H groups in total. The van der Waals surface area contributed by atoms with Gasteiger partial charge < -0.3 is 19.8 Å². The Morgan fingerprint density at radius 1 is 0.407 bits per heavy atom. The van der Waals surface area contributed by atoms with E-state index in [9.17, 15) is 19.4 Å². The molecule has 0 aliphatic carbocycles. The van der Waals surface area contributed by atoms with E-state index in [2.05, 4.69) is 129 Å². The lowest BCUT2D eigenvalue weighted by atomic mass is 10.0. The van der Waals surface area contributed by atoms with Crippen molar-refractivity contribution in [1.29, 1.82) is 0 Å². The molecule has 0 aliphatic heterocycles. The molecule has 8 nitrogen and oxygen atoms in total. The quantitative estimate of drug-likeness (QED) is 0.0243. The van der Waals surface area contributed by atoms with E-state index in [1.54, 1.807) is 6.08 Å². The van der Waals surface area contributed by atoms with Crippen molar-refractivity contribution in [2.75, 3.05) is 40.9 Å². The number of unbranched alkanes of at least 4 members (excludes halogenated alkanes) is 34. The van der Waals surface area contributed by atoms with Crippen LogP contribution >= 0.6 is 7.82 Å². The van der Waals surface area contributed by atoms with Crippen LogP contribution in [0.15, 0.2) is 122 Å². The number of nitrogens with zero attached hydrogens (tertiary/aromatic N) is 1. The summed E-state index contributed by atoms with van der Waals surface area (Å²) in [6, 6.07) is -0.876. The molecule has 3 atom stereocenters. The molecule has 0 rings (SSSR count). The first kappa shape index (κ1) is 82.9. The third-order valence-corrected chi connectivity index (χ3v) is 16.6. The number of nitrogens with one attached hydrogen (secondary N) is 1. The van der Waals surface area contributed by atoms with Gasteiger partial charge >= 0.3 is 7.82 Å². The van der Waals surface area contributed by atoms with Crippen molar-refractivity contribution in [2.24, 2.45) is 0 Å². The maximum atomic E-state index is 13.1. The number of hydrogen-bond donors (Lipinski definition) is 3. The second kappa shape index (κ2) is 66.3. The highest BCUT2D eigenvalue weighted by Crippen LogP contribution is 2.43. The van der Waals surface area contributed by atoms with Crippen molar-refractivity contribution in [3.63, 3.8) is 0 Å². The van der Waals surface area contributed by atoms with E-state index in [0.29, 0.717) is 17.4 Å². The Balaban J connectivity index is 4.05. The Bertz CT molecular complexity index is 1820. The molecule has 0 aromatic carbocycles. The number of allylic oxidation sites excluding steroid dienone is 19. The Labute approximate surface area is 533 Å². The molecule has 86 heavy (non-hydrogen) atoms. The number of phosphoric acid groups is 1. The third-order valence-electron chi connectivity index (χ3n) is 15.6. The maximum absolute atomic E-state index is 13.1. The van der Waals surface area contributed by atoms with Gasteiger partial charge in [0.05, 0.1) is 39.9 Å². The van der Waals surface area contributed by atoms with E-state index in [0.717, 1.165) is 89.9 Å². The van der Waals surface area contributed by atoms with Gasteiger partial charge in [-0.15, -0.1) is 0 Å². The van der Waals surface area contributed by atoms with Gasteiger partial charge in [-0.3, -0.25) is 13.8 Å². The van der Waals surface area contributed by atoms with E-state index in [-0.39, 0.29) is 19.1 Å². The summed E-state index contributed by atoms with van der Waals surface area (Å²) in [5.74, 6) is -0.190. The van der Waals surface area contributed by atoms with Crippen LogP contribution in [-0.4, -0.2) is 73.4 Å². The van der Waals surface area contributed by atoms with Crippen LogP contribution in [0.1, 0.15) is 309 Å². The number of hydrogen-bond acceptors (Lipinski definition) is 5. The smallest absolute Gasteiger partial charge is 0.387 e. The highest BCUT2D eigenvalue weighted by Gasteiger charge is 2.28. The second-order valence-corrected chi connectivity index (χ2v) is 26.7. The van der Waals surface area contributed by atoms with Gasteiger partial charge in [-0.05, 0) is 103 Å². The third kappa shape index (κ3) is 68.4. The van der Waals surface area contributed by atoms with E-state index >= 15 is 0 Å². The van der Waals surface area contributed by atoms with Gasteiger partial charge in [-0.2, -0.15) is 0 Å². The zero-order valence-electron chi connectivity index (χ0n) is 56.8. The van der Waals surface area contributed by atoms with Crippen molar-refractivity contribution < 1.29 is 32.9 Å². The average molecular weight is 1220 g/mol. The summed E-state index contributed by atoms with van der Waals surface area (Å²) in [6.45, 7) is 4.69. The molecule has 3 unspecified atom stereocenters. The van der Waals surface area contributed by atoms with Crippen LogP contribution < -0.4 is 5.32 Å². The Morgan fingerprint density at radius 2 is 0.709 bits per heavy atom. The monoisotopic (exact) mass is 1220 g/mol. The lowest BCUT2D eigenvalue weighted by Gasteiger charge is -2.25. The second-order valence-electron chi connectivity index (χ2n) is 25.2. The Kier molecular flexibility index (Phi) is 63.9. The molecule has 0 fully saturated rings. The van der Waals surface area contributed by atoms with Gasteiger partial charge in [-0.25, -0.2) is 4.57 Å². The van der Waals surface area contributed by atoms with Crippen molar-refractivity contribution in [3.05, 3.63) is 122 Å². The first-order chi connectivity index (χ1) is 42.0. The van der Waals surface area contributed by atoms with Gasteiger partial charge in [0.2, 0.25) is 5.91 Å². The molecule has 0 bridgehead atoms. The van der Waals surface area contributed by atoms with Gasteiger partial charge in [0, 0.05) is 6.42 Å². The number of aliphatic hydroxyl groups is 1. The summed E-state index contributed by atoms with van der Waals surface area (Å²) in [5, 5.41) is 14.0. The number of rotatable bonds is 65. The predicted octanol–water partition coefficient (Wildman–Crippen LogP) is 23.2. The van der Waals surface area contributed by atoms with Crippen molar-refractivity contribution in [3.8, 4) is 0 Å². The fraction of sp³-hybridized carbons (Fsp3) is 0.727. The van der Waals surface area contributed by atoms with Crippen LogP contribution in [0.4, 0.5) is 0 Å². The van der Waals surface area contributed by atoms with Gasteiger partial charge in [0.15, 0.2) is 0 Å². The van der Waals surface area contributed by atoms with Crippen molar-refractivity contribution >= 4 is 13.7 Å². The molecular formula is C77H138N2O6P+. The molecule has 0 saturated heterocycles. The number of amides is 1. The molecular weight excluding hydrogens is 1080 g/mol. The molecule has 1 amide bonds. The molecule has 0 aromatic rings. The lowest BCUT2D eigenvalue weighted by Crippen LogP contribution is -2.45. The maximum Gasteiger partial charge on any atom is 0.472 e. The van der Waals surface area contributed by atoms with Gasteiger partial charge in [0.25, 0.3) is 0 Å². The fourth-order valence-electron chi connectivity index (χ4n) is 10.1. The van der Waals surface area contributed by atoms with E-state index in [1.165, 1.54) is 199 Å². The summed E-state index contributed by atoms with van der Waals surface area (Å²) in [6.07, 6.45) is 99.3. The van der Waals surface area contributed by atoms with Crippen LogP contribution in [0.5, 0.6) is 0 Å². The van der Waals surface area contributed by atoms with Crippen molar-refractivity contribution in [1.82, 2.24) is 5.32 Å². The van der Waals surface area contributed by atoms with Crippen LogP contribution in [0.25, 0.3) is 0 Å². The largest absolute Gasteiger partial charge is 0.472 e. The fourth-order valence-corrected chi connectivity index (χ4v) is 10.9. The highest BCUT2D eigenvalue weighted by atomic mass is 31.2. The SMILES string of the molecule is CC/C=C\C/C=C\C/C=C\C/C=C\C/C=C\C/C=C\C/C=C\CCCCCCCCCCCCCCCCCCCCCC(=O)NC(COP(=O)(O)OCC[N+](C)(C)C)C(O)/C=C/CC/C=C/CC/C=C/CCCCCCCCCCCCCCC. The number of quaternary nitrogens is 1. The van der Waals surface area contributed by atoms with Crippen LogP contribution in [0, 0.1) is 0 Å². The minimum atomic E-state index is -4.37. The van der Waals surface area contributed by atoms with E-state index in [1.807, 2.05) is 27.2 Å². The van der Waals surface area contributed by atoms with Crippen LogP contribution in [0.3, 0.4) is 0 Å². The zero-order valence-corrected chi connectivity index (χ0v) is 57.7. The first-order valence-electron chi connectivity index (χ1n) is 35.9. The van der Waals surface area contributed by atoms with Gasteiger partial charge in [0.1, 0.15) is 13.2 Å². The molecule has 0 radical (unpaired) electrons.